The molecule has 0 bridgehead atoms. The topological polar surface area (TPSA) is 78.5 Å². The van der Waals surface area contributed by atoms with Crippen molar-refractivity contribution in [2.24, 2.45) is 0 Å². The number of hydrogen-bond donors (Lipinski definition) is 1. The van der Waals surface area contributed by atoms with E-state index in [1.54, 1.807) is 36.4 Å². The maximum Gasteiger partial charge on any atom is 0.255 e. The van der Waals surface area contributed by atoms with Crippen molar-refractivity contribution in [3.63, 3.8) is 0 Å². The molecule has 5 heteroatoms. The number of hydrogen-bond acceptors (Lipinski definition) is 4. The standard InChI is InChI=1S/C16H15NO4/c1-11-2-4-12(5-3-11)16(20)17-13-6-8-14(9-7-13)21-10-15(18)19/h2-9H,10H2,1H3,(H,17,20)(H,18,19)/p-1. The van der Waals surface area contributed by atoms with Gasteiger partial charge in [-0.1, -0.05) is 17.7 Å². The van der Waals surface area contributed by atoms with Crippen LogP contribution in [0.15, 0.2) is 48.5 Å². The third-order valence-corrected chi connectivity index (χ3v) is 2.78. The summed E-state index contributed by atoms with van der Waals surface area (Å²) in [5.41, 5.74) is 2.25. The van der Waals surface area contributed by atoms with Crippen molar-refractivity contribution < 1.29 is 19.4 Å². The molecule has 1 amide bonds. The van der Waals surface area contributed by atoms with E-state index in [2.05, 4.69) is 5.32 Å². The Hall–Kier alpha value is -2.82. The maximum absolute atomic E-state index is 12.0. The average Bonchev–Trinajstić information content (AvgIpc) is 2.47. The second kappa shape index (κ2) is 6.56. The van der Waals surface area contributed by atoms with E-state index in [-0.39, 0.29) is 5.91 Å². The fourth-order valence-corrected chi connectivity index (χ4v) is 1.68. The van der Waals surface area contributed by atoms with Gasteiger partial charge in [0, 0.05) is 11.3 Å². The Kier molecular flexibility index (Phi) is 4.56. The SMILES string of the molecule is Cc1ccc(C(=O)Nc2ccc(OCC(=O)[O-])cc2)cc1. The Morgan fingerprint density at radius 3 is 2.24 bits per heavy atom. The van der Waals surface area contributed by atoms with E-state index >= 15 is 0 Å². The lowest BCUT2D eigenvalue weighted by Gasteiger charge is -2.09. The minimum atomic E-state index is -1.29. The van der Waals surface area contributed by atoms with Crippen LogP contribution in [0.25, 0.3) is 0 Å². The zero-order chi connectivity index (χ0) is 15.2. The molecule has 0 fully saturated rings. The molecule has 0 aliphatic rings. The summed E-state index contributed by atoms with van der Waals surface area (Å²) in [6.07, 6.45) is 0. The first-order valence-electron chi connectivity index (χ1n) is 6.35. The Labute approximate surface area is 122 Å². The fourth-order valence-electron chi connectivity index (χ4n) is 1.68. The van der Waals surface area contributed by atoms with Crippen LogP contribution in [0.4, 0.5) is 5.69 Å². The van der Waals surface area contributed by atoms with Crippen LogP contribution >= 0.6 is 0 Å². The predicted octanol–water partition coefficient (Wildman–Crippen LogP) is 1.38. The summed E-state index contributed by atoms with van der Waals surface area (Å²) in [6.45, 7) is 1.45. The maximum atomic E-state index is 12.0. The number of aryl methyl sites for hydroxylation is 1. The van der Waals surface area contributed by atoms with E-state index in [4.69, 9.17) is 4.74 Å². The smallest absolute Gasteiger partial charge is 0.255 e. The van der Waals surface area contributed by atoms with Gasteiger partial charge in [-0.25, -0.2) is 0 Å². The second-order valence-electron chi connectivity index (χ2n) is 4.51. The molecule has 0 aliphatic heterocycles. The number of ether oxygens (including phenoxy) is 1. The first-order valence-corrected chi connectivity index (χ1v) is 6.35. The van der Waals surface area contributed by atoms with Crippen molar-refractivity contribution in [3.05, 3.63) is 59.7 Å². The molecule has 0 aromatic heterocycles. The van der Waals surface area contributed by atoms with Gasteiger partial charge in [0.1, 0.15) is 12.4 Å². The van der Waals surface area contributed by atoms with Crippen LogP contribution in [-0.2, 0) is 4.79 Å². The highest BCUT2D eigenvalue weighted by Gasteiger charge is 2.05. The summed E-state index contributed by atoms with van der Waals surface area (Å²) in [4.78, 5) is 22.3. The lowest BCUT2D eigenvalue weighted by atomic mass is 10.1. The fraction of sp³-hybridized carbons (Fsp3) is 0.125. The number of carbonyl (C=O) groups is 2. The molecule has 1 N–H and O–H groups in total. The van der Waals surface area contributed by atoms with Gasteiger partial charge in [-0.05, 0) is 43.3 Å². The summed E-state index contributed by atoms with van der Waals surface area (Å²) in [6, 6.07) is 13.7. The molecular formula is C16H14NO4-. The Bertz CT molecular complexity index is 632. The molecule has 0 saturated heterocycles. The molecule has 0 spiro atoms. The number of amides is 1. The number of nitrogens with one attached hydrogen (secondary N) is 1. The number of benzene rings is 2. The van der Waals surface area contributed by atoms with Crippen LogP contribution in [-0.4, -0.2) is 18.5 Å². The van der Waals surface area contributed by atoms with Crippen LogP contribution in [0.5, 0.6) is 5.75 Å². The predicted molar refractivity (Wildman–Crippen MR) is 76.1 cm³/mol. The highest BCUT2D eigenvalue weighted by atomic mass is 16.5. The van der Waals surface area contributed by atoms with Gasteiger partial charge in [-0.15, -0.1) is 0 Å². The monoisotopic (exact) mass is 284 g/mol. The summed E-state index contributed by atoms with van der Waals surface area (Å²) in [7, 11) is 0. The molecule has 0 atom stereocenters. The van der Waals surface area contributed by atoms with Crippen molar-refractivity contribution in [1.29, 1.82) is 0 Å². The van der Waals surface area contributed by atoms with E-state index in [0.717, 1.165) is 5.56 Å². The third kappa shape index (κ3) is 4.35. The van der Waals surface area contributed by atoms with Crippen molar-refractivity contribution in [2.75, 3.05) is 11.9 Å². The highest BCUT2D eigenvalue weighted by molar-refractivity contribution is 6.04. The van der Waals surface area contributed by atoms with E-state index < -0.39 is 12.6 Å². The van der Waals surface area contributed by atoms with Gasteiger partial charge < -0.3 is 20.0 Å². The summed E-state index contributed by atoms with van der Waals surface area (Å²) in [5.74, 6) is -1.10. The first-order chi connectivity index (χ1) is 10.0. The molecule has 2 aromatic carbocycles. The van der Waals surface area contributed by atoms with Crippen LogP contribution < -0.4 is 15.2 Å². The molecular weight excluding hydrogens is 270 g/mol. The molecule has 0 heterocycles. The molecule has 2 rings (SSSR count). The van der Waals surface area contributed by atoms with Gasteiger partial charge in [0.15, 0.2) is 0 Å². The van der Waals surface area contributed by atoms with Crippen molar-refractivity contribution in [2.45, 2.75) is 6.92 Å². The summed E-state index contributed by atoms with van der Waals surface area (Å²) < 4.78 is 4.95. The van der Waals surface area contributed by atoms with Crippen LogP contribution in [0.2, 0.25) is 0 Å². The summed E-state index contributed by atoms with van der Waals surface area (Å²) in [5, 5.41) is 13.0. The lowest BCUT2D eigenvalue weighted by molar-refractivity contribution is -0.307. The quantitative estimate of drug-likeness (QED) is 0.899. The van der Waals surface area contributed by atoms with Crippen LogP contribution in [0.3, 0.4) is 0 Å². The van der Waals surface area contributed by atoms with Crippen molar-refractivity contribution in [3.8, 4) is 5.75 Å². The minimum Gasteiger partial charge on any atom is -0.546 e. The number of carbonyl (C=O) groups excluding carboxylic acids is 2. The van der Waals surface area contributed by atoms with E-state index in [9.17, 15) is 14.7 Å². The molecule has 108 valence electrons. The molecule has 0 saturated carbocycles. The number of carboxylic acids is 1. The molecule has 0 unspecified atom stereocenters. The largest absolute Gasteiger partial charge is 0.546 e. The zero-order valence-corrected chi connectivity index (χ0v) is 11.5. The number of carboxylic acid groups (broad SMARTS) is 1. The second-order valence-corrected chi connectivity index (χ2v) is 4.51. The number of anilines is 1. The molecule has 2 aromatic rings. The van der Waals surface area contributed by atoms with Crippen LogP contribution in [0.1, 0.15) is 15.9 Å². The molecule has 21 heavy (non-hydrogen) atoms. The third-order valence-electron chi connectivity index (χ3n) is 2.78. The van der Waals surface area contributed by atoms with Crippen molar-refractivity contribution in [1.82, 2.24) is 0 Å². The van der Waals surface area contributed by atoms with Gasteiger partial charge in [0.2, 0.25) is 0 Å². The van der Waals surface area contributed by atoms with Gasteiger partial charge in [-0.2, -0.15) is 0 Å². The Balaban J connectivity index is 1.98. The molecule has 5 nitrogen and oxygen atoms in total. The van der Waals surface area contributed by atoms with Gasteiger partial charge in [0.25, 0.3) is 5.91 Å². The average molecular weight is 284 g/mol. The number of aliphatic carboxylic acids is 1. The Morgan fingerprint density at radius 2 is 1.67 bits per heavy atom. The minimum absolute atomic E-state index is 0.210. The highest BCUT2D eigenvalue weighted by Crippen LogP contribution is 2.16. The lowest BCUT2D eigenvalue weighted by Crippen LogP contribution is -2.28. The first kappa shape index (κ1) is 14.6. The van der Waals surface area contributed by atoms with E-state index in [1.165, 1.54) is 0 Å². The van der Waals surface area contributed by atoms with Gasteiger partial charge in [0.05, 0.1) is 5.97 Å². The van der Waals surface area contributed by atoms with Crippen molar-refractivity contribution >= 4 is 17.6 Å². The molecule has 0 radical (unpaired) electrons. The van der Waals surface area contributed by atoms with Gasteiger partial charge in [-0.3, -0.25) is 4.79 Å². The zero-order valence-electron chi connectivity index (χ0n) is 11.5. The number of rotatable bonds is 5. The summed E-state index contributed by atoms with van der Waals surface area (Å²) >= 11 is 0. The van der Waals surface area contributed by atoms with Crippen LogP contribution in [0, 0.1) is 6.92 Å². The molecule has 0 aliphatic carbocycles. The Morgan fingerprint density at radius 1 is 1.05 bits per heavy atom. The van der Waals surface area contributed by atoms with E-state index in [1.807, 2.05) is 19.1 Å². The normalized spacial score (nSPS) is 9.95. The van der Waals surface area contributed by atoms with Gasteiger partial charge >= 0.3 is 0 Å². The van der Waals surface area contributed by atoms with E-state index in [0.29, 0.717) is 17.0 Å².